The number of hydrogen-bond donors (Lipinski definition) is 2. The Hall–Kier alpha value is -3.75. The highest BCUT2D eigenvalue weighted by atomic mass is 19.3. The zero-order valence-electron chi connectivity index (χ0n) is 20.5. The standard InChI is InChI=1S/C24H26F3N7O4/c1-31-6-8-32(9-7-31)15-3-5-17(25)18(12-15)34(38-23(26)27)24-28-13-14-2-4-16-20(22(36)37)30-33(10-11-35)21(16)19(14)29-24/h3,5,12-13,23,35H,2,4,6-11H2,1H3,(H,36,37). The SMILES string of the molecule is CN1CCN(c2ccc(F)c(N(OC(F)F)c3ncc4c(n3)-c3c(c(C(=O)O)nn3CCO)CC4)c2)CC1. The fourth-order valence-corrected chi connectivity index (χ4v) is 4.78. The summed E-state index contributed by atoms with van der Waals surface area (Å²) >= 11 is 0. The van der Waals surface area contributed by atoms with Crippen molar-refractivity contribution in [1.29, 1.82) is 0 Å². The molecule has 5 rings (SSSR count). The van der Waals surface area contributed by atoms with Gasteiger partial charge in [0.05, 0.1) is 24.5 Å². The van der Waals surface area contributed by atoms with Gasteiger partial charge < -0.3 is 20.0 Å². The number of piperazine rings is 1. The van der Waals surface area contributed by atoms with Crippen molar-refractivity contribution in [2.45, 2.75) is 26.0 Å². The van der Waals surface area contributed by atoms with Gasteiger partial charge in [-0.2, -0.15) is 23.8 Å². The van der Waals surface area contributed by atoms with Gasteiger partial charge in [-0.1, -0.05) is 0 Å². The molecule has 0 saturated carbocycles. The molecule has 1 aliphatic heterocycles. The van der Waals surface area contributed by atoms with Crippen molar-refractivity contribution in [3.63, 3.8) is 0 Å². The molecule has 11 nitrogen and oxygen atoms in total. The molecule has 0 spiro atoms. The van der Waals surface area contributed by atoms with Crippen molar-refractivity contribution in [2.75, 3.05) is 49.8 Å². The zero-order valence-corrected chi connectivity index (χ0v) is 20.5. The molecule has 38 heavy (non-hydrogen) atoms. The summed E-state index contributed by atoms with van der Waals surface area (Å²) in [6.07, 6.45) is 2.15. The van der Waals surface area contributed by atoms with Gasteiger partial charge in [-0.15, -0.1) is 0 Å². The van der Waals surface area contributed by atoms with E-state index in [1.165, 1.54) is 23.0 Å². The average molecular weight is 534 g/mol. The van der Waals surface area contributed by atoms with Crippen LogP contribution in [0.15, 0.2) is 24.4 Å². The highest BCUT2D eigenvalue weighted by Gasteiger charge is 2.31. The molecule has 1 fully saturated rings. The van der Waals surface area contributed by atoms with Crippen molar-refractivity contribution < 1.29 is 33.0 Å². The van der Waals surface area contributed by atoms with Gasteiger partial charge in [0, 0.05) is 43.6 Å². The van der Waals surface area contributed by atoms with Crippen LogP contribution in [0, 0.1) is 5.82 Å². The van der Waals surface area contributed by atoms with E-state index in [4.69, 9.17) is 4.84 Å². The third-order valence-electron chi connectivity index (χ3n) is 6.67. The second-order valence-corrected chi connectivity index (χ2v) is 9.06. The van der Waals surface area contributed by atoms with Crippen LogP contribution in [0.3, 0.4) is 0 Å². The Morgan fingerprint density at radius 2 is 1.97 bits per heavy atom. The number of aliphatic hydroxyl groups excluding tert-OH is 1. The number of halogens is 3. The molecule has 0 atom stereocenters. The number of aliphatic hydroxyl groups is 1. The van der Waals surface area contributed by atoms with Crippen molar-refractivity contribution >= 4 is 23.3 Å². The number of nitrogens with zero attached hydrogens (tertiary/aromatic N) is 7. The maximum Gasteiger partial charge on any atom is 0.365 e. The van der Waals surface area contributed by atoms with E-state index in [0.717, 1.165) is 13.1 Å². The number of aromatic nitrogens is 4. The summed E-state index contributed by atoms with van der Waals surface area (Å²) in [6.45, 7) is -0.694. The topological polar surface area (TPSA) is 120 Å². The molecule has 1 aliphatic carbocycles. The second-order valence-electron chi connectivity index (χ2n) is 9.06. The quantitative estimate of drug-likeness (QED) is 0.418. The van der Waals surface area contributed by atoms with Gasteiger partial charge >= 0.3 is 12.6 Å². The number of aryl methyl sites for hydroxylation is 1. The summed E-state index contributed by atoms with van der Waals surface area (Å²) in [7, 11) is 2.00. The minimum Gasteiger partial charge on any atom is -0.476 e. The van der Waals surface area contributed by atoms with Gasteiger partial charge in [-0.3, -0.25) is 4.68 Å². The van der Waals surface area contributed by atoms with Crippen LogP contribution in [0.5, 0.6) is 0 Å². The largest absolute Gasteiger partial charge is 0.476 e. The van der Waals surface area contributed by atoms with Crippen molar-refractivity contribution in [2.24, 2.45) is 0 Å². The van der Waals surface area contributed by atoms with E-state index in [0.29, 0.717) is 53.5 Å². The monoisotopic (exact) mass is 533 g/mol. The lowest BCUT2D eigenvalue weighted by molar-refractivity contribution is -0.130. The first-order chi connectivity index (χ1) is 18.3. The third-order valence-corrected chi connectivity index (χ3v) is 6.67. The number of aromatic carboxylic acids is 1. The lowest BCUT2D eigenvalue weighted by Crippen LogP contribution is -2.44. The lowest BCUT2D eigenvalue weighted by atomic mass is 9.93. The number of likely N-dealkylation sites (N-methyl/N-ethyl adjacent to an activating group) is 1. The number of benzene rings is 1. The predicted octanol–water partition coefficient (Wildman–Crippen LogP) is 2.31. The van der Waals surface area contributed by atoms with Crippen LogP contribution in [0.25, 0.3) is 11.4 Å². The van der Waals surface area contributed by atoms with Gasteiger partial charge in [-0.05, 0) is 43.7 Å². The fourth-order valence-electron chi connectivity index (χ4n) is 4.78. The first kappa shape index (κ1) is 25.9. The van der Waals surface area contributed by atoms with Gasteiger partial charge in [0.1, 0.15) is 11.5 Å². The Morgan fingerprint density at radius 1 is 1.21 bits per heavy atom. The number of fused-ring (bicyclic) bond motifs is 3. The Morgan fingerprint density at radius 3 is 2.66 bits per heavy atom. The van der Waals surface area contributed by atoms with Crippen molar-refractivity contribution in [3.8, 4) is 11.4 Å². The van der Waals surface area contributed by atoms with Gasteiger partial charge in [0.25, 0.3) is 5.95 Å². The molecule has 14 heteroatoms. The van der Waals surface area contributed by atoms with Crippen molar-refractivity contribution in [1.82, 2.24) is 24.6 Å². The number of carboxylic acid groups (broad SMARTS) is 1. The maximum absolute atomic E-state index is 15.1. The molecule has 0 radical (unpaired) electrons. The van der Waals surface area contributed by atoms with Gasteiger partial charge in [0.2, 0.25) is 0 Å². The normalized spacial score (nSPS) is 15.5. The molecule has 2 aliphatic rings. The van der Waals surface area contributed by atoms with Crippen molar-refractivity contribution in [3.05, 3.63) is 47.0 Å². The van der Waals surface area contributed by atoms with Gasteiger partial charge in [-0.25, -0.2) is 19.2 Å². The molecule has 1 saturated heterocycles. The number of carbonyl (C=O) groups is 1. The molecule has 0 bridgehead atoms. The van der Waals surface area contributed by atoms with Crippen LogP contribution in [0.4, 0.5) is 30.5 Å². The molecule has 3 heterocycles. The first-order valence-electron chi connectivity index (χ1n) is 12.0. The number of rotatable bonds is 8. The van der Waals surface area contributed by atoms with Crippen LogP contribution in [0.2, 0.25) is 0 Å². The number of alkyl halides is 2. The minimum atomic E-state index is -3.31. The molecular weight excluding hydrogens is 507 g/mol. The summed E-state index contributed by atoms with van der Waals surface area (Å²) in [6, 6.07) is 4.16. The van der Waals surface area contributed by atoms with Gasteiger partial charge in [0.15, 0.2) is 5.69 Å². The highest BCUT2D eigenvalue weighted by molar-refractivity contribution is 5.90. The summed E-state index contributed by atoms with van der Waals surface area (Å²) in [5.41, 5.74) is 1.78. The molecule has 0 amide bonds. The summed E-state index contributed by atoms with van der Waals surface area (Å²) < 4.78 is 43.5. The molecule has 0 unspecified atom stereocenters. The Kier molecular flexibility index (Phi) is 7.19. The summed E-state index contributed by atoms with van der Waals surface area (Å²) in [5, 5.41) is 23.8. The molecule has 3 aromatic rings. The predicted molar refractivity (Wildman–Crippen MR) is 130 cm³/mol. The smallest absolute Gasteiger partial charge is 0.365 e. The third kappa shape index (κ3) is 4.89. The zero-order chi connectivity index (χ0) is 27.0. The fraction of sp³-hybridized carbons (Fsp3) is 0.417. The number of hydrogen-bond acceptors (Lipinski definition) is 9. The van der Waals surface area contributed by atoms with E-state index >= 15 is 4.39 Å². The highest BCUT2D eigenvalue weighted by Crippen LogP contribution is 2.37. The Bertz CT molecular complexity index is 1340. The molecular formula is C24H26F3N7O4. The summed E-state index contributed by atoms with van der Waals surface area (Å²) in [4.78, 5) is 29.3. The van der Waals surface area contributed by atoms with Crippen LogP contribution in [-0.4, -0.2) is 87.3 Å². The Balaban J connectivity index is 1.59. The van der Waals surface area contributed by atoms with Crippen LogP contribution in [-0.2, 0) is 24.2 Å². The Labute approximate surface area is 215 Å². The molecule has 2 N–H and O–H groups in total. The summed E-state index contributed by atoms with van der Waals surface area (Å²) in [5.74, 6) is -2.41. The molecule has 202 valence electrons. The van der Waals surface area contributed by atoms with E-state index in [2.05, 4.69) is 20.0 Å². The molecule has 2 aromatic heterocycles. The van der Waals surface area contributed by atoms with Crippen LogP contribution < -0.4 is 9.96 Å². The molecule has 1 aromatic carbocycles. The average Bonchev–Trinajstić information content (AvgIpc) is 3.27. The van der Waals surface area contributed by atoms with E-state index in [9.17, 15) is 23.8 Å². The second kappa shape index (κ2) is 10.6. The van der Waals surface area contributed by atoms with Crippen LogP contribution in [0.1, 0.15) is 21.6 Å². The minimum absolute atomic E-state index is 0.00661. The lowest BCUT2D eigenvalue weighted by Gasteiger charge is -2.34. The van der Waals surface area contributed by atoms with E-state index in [1.807, 2.05) is 11.9 Å². The first-order valence-corrected chi connectivity index (χ1v) is 12.0. The van der Waals surface area contributed by atoms with E-state index in [1.54, 1.807) is 6.07 Å². The van der Waals surface area contributed by atoms with E-state index < -0.39 is 18.4 Å². The van der Waals surface area contributed by atoms with E-state index in [-0.39, 0.29) is 36.2 Å². The number of anilines is 3. The van der Waals surface area contributed by atoms with Crippen LogP contribution >= 0.6 is 0 Å². The number of carboxylic acids is 1. The maximum atomic E-state index is 15.1.